The maximum atomic E-state index is 13.2. The topological polar surface area (TPSA) is 94.6 Å². The minimum Gasteiger partial charge on any atom is -0.496 e. The number of allylic oxidation sites excluding steroid dienone is 3. The van der Waals surface area contributed by atoms with Crippen molar-refractivity contribution in [3.05, 3.63) is 80.9 Å². The number of Topliss-reactive ketones (excluding diaryl/α,β-unsaturated/α-hetero) is 1. The molecule has 0 saturated carbocycles. The molecule has 6 nitrogen and oxygen atoms in total. The summed E-state index contributed by atoms with van der Waals surface area (Å²) in [5, 5.41) is 9.86. The number of methoxy groups -OCH3 is 1. The Bertz CT molecular complexity index is 1220. The summed E-state index contributed by atoms with van der Waals surface area (Å²) in [6.45, 7) is 4.31. The average Bonchev–Trinajstić information content (AvgIpc) is 2.75. The van der Waals surface area contributed by atoms with Gasteiger partial charge in [0, 0.05) is 28.5 Å². The van der Waals surface area contributed by atoms with E-state index in [2.05, 4.69) is 22.0 Å². The average molecular weight is 509 g/mol. The van der Waals surface area contributed by atoms with Gasteiger partial charge in [0.1, 0.15) is 35.5 Å². The molecule has 0 bridgehead atoms. The molecule has 0 unspecified atom stereocenters. The molecule has 2 aromatic rings. The molecule has 1 aliphatic carbocycles. The number of benzene rings is 2. The third-order valence-electron chi connectivity index (χ3n) is 5.90. The van der Waals surface area contributed by atoms with E-state index in [0.717, 1.165) is 15.6 Å². The van der Waals surface area contributed by atoms with Crippen LogP contribution in [0.1, 0.15) is 43.7 Å². The number of hydrogen-bond donors (Lipinski definition) is 1. The molecular weight excluding hydrogens is 484 g/mol. The minimum absolute atomic E-state index is 0.0192. The molecular formula is C26H25BrN2O4. The molecule has 2 N–H and O–H groups in total. The molecule has 33 heavy (non-hydrogen) atoms. The molecule has 170 valence electrons. The molecule has 0 saturated heterocycles. The van der Waals surface area contributed by atoms with E-state index in [0.29, 0.717) is 35.7 Å². The number of nitrogens with zero attached hydrogens (tertiary/aromatic N) is 1. The second-order valence-corrected chi connectivity index (χ2v) is 9.94. The number of halogens is 1. The van der Waals surface area contributed by atoms with Gasteiger partial charge in [0.25, 0.3) is 0 Å². The lowest BCUT2D eigenvalue weighted by molar-refractivity contribution is -0.119. The van der Waals surface area contributed by atoms with Crippen LogP contribution in [0.4, 0.5) is 0 Å². The van der Waals surface area contributed by atoms with Gasteiger partial charge in [-0.3, -0.25) is 4.79 Å². The van der Waals surface area contributed by atoms with Gasteiger partial charge in [0.05, 0.1) is 13.0 Å². The summed E-state index contributed by atoms with van der Waals surface area (Å²) in [5.74, 6) is 1.36. The minimum atomic E-state index is -0.585. The molecule has 0 amide bonds. The predicted octanol–water partition coefficient (Wildman–Crippen LogP) is 5.49. The van der Waals surface area contributed by atoms with Gasteiger partial charge >= 0.3 is 0 Å². The molecule has 0 spiro atoms. The van der Waals surface area contributed by atoms with Crippen molar-refractivity contribution in [2.75, 3.05) is 7.11 Å². The molecule has 2 aromatic carbocycles. The second kappa shape index (κ2) is 8.95. The van der Waals surface area contributed by atoms with Crippen molar-refractivity contribution in [1.82, 2.24) is 0 Å². The first-order valence-corrected chi connectivity index (χ1v) is 11.4. The highest BCUT2D eigenvalue weighted by atomic mass is 79.9. The Balaban J connectivity index is 1.75. The Morgan fingerprint density at radius 1 is 1.24 bits per heavy atom. The van der Waals surface area contributed by atoms with Crippen LogP contribution >= 0.6 is 15.9 Å². The van der Waals surface area contributed by atoms with Crippen LogP contribution < -0.4 is 15.2 Å². The van der Waals surface area contributed by atoms with Gasteiger partial charge in [-0.1, -0.05) is 41.9 Å². The fraction of sp³-hybridized carbons (Fsp3) is 0.308. The number of ether oxygens (including phenoxy) is 3. The fourth-order valence-electron chi connectivity index (χ4n) is 4.43. The number of ketones is 1. The van der Waals surface area contributed by atoms with Crippen molar-refractivity contribution in [2.24, 2.45) is 11.1 Å². The first-order chi connectivity index (χ1) is 15.7. The van der Waals surface area contributed by atoms with Crippen LogP contribution in [0.3, 0.4) is 0 Å². The summed E-state index contributed by atoms with van der Waals surface area (Å²) in [6, 6.07) is 15.3. The Kier molecular flexibility index (Phi) is 6.22. The van der Waals surface area contributed by atoms with Gasteiger partial charge in [-0.2, -0.15) is 5.26 Å². The summed E-state index contributed by atoms with van der Waals surface area (Å²) in [5.41, 5.74) is 8.23. The highest BCUT2D eigenvalue weighted by Gasteiger charge is 2.43. The lowest BCUT2D eigenvalue weighted by atomic mass is 9.70. The summed E-state index contributed by atoms with van der Waals surface area (Å²) < 4.78 is 18.2. The summed E-state index contributed by atoms with van der Waals surface area (Å²) in [6.07, 6.45) is 0.971. The maximum absolute atomic E-state index is 13.2. The maximum Gasteiger partial charge on any atom is 0.205 e. The van der Waals surface area contributed by atoms with Gasteiger partial charge in [-0.05, 0) is 41.3 Å². The Morgan fingerprint density at radius 3 is 2.73 bits per heavy atom. The zero-order valence-electron chi connectivity index (χ0n) is 18.8. The molecule has 1 atom stereocenters. The largest absolute Gasteiger partial charge is 0.496 e. The van der Waals surface area contributed by atoms with E-state index in [1.165, 1.54) is 0 Å². The Hall–Kier alpha value is -3.24. The third kappa shape index (κ3) is 4.62. The first kappa shape index (κ1) is 22.9. The van der Waals surface area contributed by atoms with Crippen molar-refractivity contribution in [1.29, 1.82) is 5.26 Å². The molecule has 0 aromatic heterocycles. The fourth-order valence-corrected chi connectivity index (χ4v) is 4.81. The van der Waals surface area contributed by atoms with Crippen LogP contribution in [-0.2, 0) is 16.1 Å². The number of nitriles is 1. The van der Waals surface area contributed by atoms with Crippen molar-refractivity contribution >= 4 is 21.7 Å². The van der Waals surface area contributed by atoms with Crippen LogP contribution in [0.25, 0.3) is 0 Å². The van der Waals surface area contributed by atoms with E-state index in [9.17, 15) is 10.1 Å². The molecule has 2 aliphatic rings. The van der Waals surface area contributed by atoms with Crippen LogP contribution in [0, 0.1) is 16.7 Å². The normalized spacial score (nSPS) is 19.5. The number of rotatable bonds is 5. The van der Waals surface area contributed by atoms with Crippen LogP contribution in [0.15, 0.2) is 69.7 Å². The number of hydrogen-bond acceptors (Lipinski definition) is 6. The Labute approximate surface area is 201 Å². The van der Waals surface area contributed by atoms with E-state index in [-0.39, 0.29) is 29.3 Å². The highest BCUT2D eigenvalue weighted by Crippen LogP contribution is 2.48. The van der Waals surface area contributed by atoms with Crippen molar-refractivity contribution in [3.8, 4) is 17.6 Å². The molecule has 7 heteroatoms. The van der Waals surface area contributed by atoms with Crippen molar-refractivity contribution in [2.45, 2.75) is 39.2 Å². The smallest absolute Gasteiger partial charge is 0.205 e. The van der Waals surface area contributed by atoms with Crippen LogP contribution in [-0.4, -0.2) is 12.9 Å². The monoisotopic (exact) mass is 508 g/mol. The van der Waals surface area contributed by atoms with Gasteiger partial charge in [0.15, 0.2) is 5.78 Å². The van der Waals surface area contributed by atoms with Crippen LogP contribution in [0.5, 0.6) is 11.5 Å². The van der Waals surface area contributed by atoms with E-state index in [1.807, 2.05) is 56.3 Å². The SMILES string of the molecule is COc1ccc([C@H]2C(C#N)=C(N)OC3=C2C(=O)CC(C)(C)C3)cc1COc1cccc(Br)c1. The summed E-state index contributed by atoms with van der Waals surface area (Å²) >= 11 is 3.45. The summed E-state index contributed by atoms with van der Waals surface area (Å²) in [7, 11) is 1.60. The number of carbonyl (C=O) groups excluding carboxylic acids is 1. The van der Waals surface area contributed by atoms with E-state index in [4.69, 9.17) is 19.9 Å². The quantitative estimate of drug-likeness (QED) is 0.573. The highest BCUT2D eigenvalue weighted by molar-refractivity contribution is 9.10. The number of carbonyl (C=O) groups is 1. The van der Waals surface area contributed by atoms with Crippen molar-refractivity contribution < 1.29 is 19.0 Å². The molecule has 1 heterocycles. The zero-order valence-corrected chi connectivity index (χ0v) is 20.4. The lowest BCUT2D eigenvalue weighted by Gasteiger charge is -2.37. The standard InChI is InChI=1S/C26H25BrN2O4/c1-26(2)11-20(30)24-22(12-26)33-25(29)19(13-28)23(24)15-7-8-21(31-3)16(9-15)14-32-18-6-4-5-17(27)10-18/h4-10,23H,11-12,14,29H2,1-3H3/t23-/m0/s1. The number of nitrogens with two attached hydrogens (primary N) is 1. The summed E-state index contributed by atoms with van der Waals surface area (Å²) in [4.78, 5) is 13.2. The van der Waals surface area contributed by atoms with E-state index < -0.39 is 5.92 Å². The first-order valence-electron chi connectivity index (χ1n) is 10.6. The van der Waals surface area contributed by atoms with Crippen LogP contribution in [0.2, 0.25) is 0 Å². The zero-order chi connectivity index (χ0) is 23.8. The van der Waals surface area contributed by atoms with E-state index >= 15 is 0 Å². The lowest BCUT2D eigenvalue weighted by Crippen LogP contribution is -2.33. The third-order valence-corrected chi connectivity index (χ3v) is 6.40. The molecule has 0 radical (unpaired) electrons. The molecule has 1 aliphatic heterocycles. The Morgan fingerprint density at radius 2 is 2.03 bits per heavy atom. The second-order valence-electron chi connectivity index (χ2n) is 9.02. The van der Waals surface area contributed by atoms with Gasteiger partial charge in [-0.15, -0.1) is 0 Å². The van der Waals surface area contributed by atoms with Gasteiger partial charge in [0.2, 0.25) is 5.88 Å². The van der Waals surface area contributed by atoms with Crippen molar-refractivity contribution in [3.63, 3.8) is 0 Å². The molecule has 0 fully saturated rings. The van der Waals surface area contributed by atoms with Gasteiger partial charge in [-0.25, -0.2) is 0 Å². The van der Waals surface area contributed by atoms with E-state index in [1.54, 1.807) is 7.11 Å². The molecule has 4 rings (SSSR count). The van der Waals surface area contributed by atoms with Gasteiger partial charge < -0.3 is 19.9 Å². The predicted molar refractivity (Wildman–Crippen MR) is 127 cm³/mol.